The number of nitrogens with zero attached hydrogens (tertiary/aromatic N) is 2. The molecule has 0 aliphatic heterocycles. The van der Waals surface area contributed by atoms with Gasteiger partial charge in [0.1, 0.15) is 5.75 Å². The molecule has 0 fully saturated rings. The first-order valence-corrected chi connectivity index (χ1v) is 6.03. The predicted octanol–water partition coefficient (Wildman–Crippen LogP) is 2.40. The number of nitrogen functional groups attached to an aromatic ring is 1. The van der Waals surface area contributed by atoms with Crippen molar-refractivity contribution in [2.24, 2.45) is 0 Å². The van der Waals surface area contributed by atoms with Crippen molar-refractivity contribution < 1.29 is 4.74 Å². The molecule has 0 radical (unpaired) electrons. The van der Waals surface area contributed by atoms with E-state index in [1.54, 1.807) is 7.11 Å². The molecule has 1 aromatic heterocycles. The minimum absolute atomic E-state index is 0.464. The molecule has 2 N–H and O–H groups in total. The SMILES string of the molecule is COc1c(I)cccc1-c1nnc(N)s1. The van der Waals surface area contributed by atoms with Crippen LogP contribution in [0.3, 0.4) is 0 Å². The van der Waals surface area contributed by atoms with Gasteiger partial charge >= 0.3 is 0 Å². The van der Waals surface area contributed by atoms with Crippen molar-refractivity contribution in [3.05, 3.63) is 21.8 Å². The van der Waals surface area contributed by atoms with E-state index in [4.69, 9.17) is 10.5 Å². The number of hydrogen-bond acceptors (Lipinski definition) is 5. The maximum Gasteiger partial charge on any atom is 0.203 e. The highest BCUT2D eigenvalue weighted by molar-refractivity contribution is 14.1. The zero-order chi connectivity index (χ0) is 10.8. The van der Waals surface area contributed by atoms with Crippen LogP contribution >= 0.6 is 33.9 Å². The summed E-state index contributed by atoms with van der Waals surface area (Å²) in [5, 5.41) is 9.03. The Bertz CT molecular complexity index is 486. The lowest BCUT2D eigenvalue weighted by molar-refractivity contribution is 0.413. The highest BCUT2D eigenvalue weighted by Gasteiger charge is 2.12. The Labute approximate surface area is 105 Å². The smallest absolute Gasteiger partial charge is 0.203 e. The molecule has 78 valence electrons. The van der Waals surface area contributed by atoms with Gasteiger partial charge in [-0.2, -0.15) is 0 Å². The monoisotopic (exact) mass is 333 g/mol. The molecule has 6 heteroatoms. The Morgan fingerprint density at radius 3 is 2.80 bits per heavy atom. The molecule has 0 bridgehead atoms. The minimum Gasteiger partial charge on any atom is -0.495 e. The molecule has 15 heavy (non-hydrogen) atoms. The highest BCUT2D eigenvalue weighted by atomic mass is 127. The van der Waals surface area contributed by atoms with Crippen LogP contribution in [0.15, 0.2) is 18.2 Å². The minimum atomic E-state index is 0.464. The first-order chi connectivity index (χ1) is 7.22. The second-order valence-electron chi connectivity index (χ2n) is 2.77. The van der Waals surface area contributed by atoms with Crippen molar-refractivity contribution in [2.45, 2.75) is 0 Å². The Kier molecular flexibility index (Phi) is 3.06. The van der Waals surface area contributed by atoms with Crippen molar-refractivity contribution in [3.63, 3.8) is 0 Å². The zero-order valence-electron chi connectivity index (χ0n) is 7.90. The number of aromatic nitrogens is 2. The van der Waals surface area contributed by atoms with Crippen LogP contribution in [0.25, 0.3) is 10.6 Å². The van der Waals surface area contributed by atoms with Gasteiger partial charge in [-0.25, -0.2) is 0 Å². The number of rotatable bonds is 2. The average Bonchev–Trinajstić information content (AvgIpc) is 2.64. The standard InChI is InChI=1S/C9H8IN3OS/c1-14-7-5(3-2-4-6(7)10)8-12-13-9(11)15-8/h2-4H,1H3,(H2,11,13). The Morgan fingerprint density at radius 1 is 1.40 bits per heavy atom. The van der Waals surface area contributed by atoms with Crippen molar-refractivity contribution in [1.29, 1.82) is 0 Å². The van der Waals surface area contributed by atoms with Crippen LogP contribution in [-0.4, -0.2) is 17.3 Å². The van der Waals surface area contributed by atoms with E-state index in [-0.39, 0.29) is 0 Å². The second kappa shape index (κ2) is 4.31. The lowest BCUT2D eigenvalue weighted by Gasteiger charge is -2.06. The molecule has 0 saturated heterocycles. The Hall–Kier alpha value is -0.890. The van der Waals surface area contributed by atoms with Crippen molar-refractivity contribution in [3.8, 4) is 16.3 Å². The number of halogens is 1. The summed E-state index contributed by atoms with van der Waals surface area (Å²) in [6.07, 6.45) is 0. The molecule has 0 aliphatic rings. The fraction of sp³-hybridized carbons (Fsp3) is 0.111. The summed E-state index contributed by atoms with van der Waals surface area (Å²) < 4.78 is 6.37. The number of hydrogen-bond donors (Lipinski definition) is 1. The van der Waals surface area contributed by atoms with E-state index in [1.165, 1.54) is 11.3 Å². The summed E-state index contributed by atoms with van der Waals surface area (Å²) in [5.74, 6) is 0.814. The van der Waals surface area contributed by atoms with Crippen LogP contribution in [0.2, 0.25) is 0 Å². The van der Waals surface area contributed by atoms with Gasteiger partial charge in [0.25, 0.3) is 0 Å². The third kappa shape index (κ3) is 2.05. The van der Waals surface area contributed by atoms with Crippen LogP contribution in [0.1, 0.15) is 0 Å². The molecule has 0 spiro atoms. The van der Waals surface area contributed by atoms with Gasteiger partial charge in [0.05, 0.1) is 16.2 Å². The zero-order valence-corrected chi connectivity index (χ0v) is 10.9. The molecule has 0 amide bonds. The number of benzene rings is 1. The largest absolute Gasteiger partial charge is 0.495 e. The first-order valence-electron chi connectivity index (χ1n) is 4.14. The molecule has 2 rings (SSSR count). The predicted molar refractivity (Wildman–Crippen MR) is 69.0 cm³/mol. The average molecular weight is 333 g/mol. The molecule has 0 aliphatic carbocycles. The highest BCUT2D eigenvalue weighted by Crippen LogP contribution is 2.35. The molecule has 0 atom stereocenters. The summed E-state index contributed by atoms with van der Waals surface area (Å²) >= 11 is 3.57. The summed E-state index contributed by atoms with van der Waals surface area (Å²) in [6, 6.07) is 5.88. The van der Waals surface area contributed by atoms with Crippen LogP contribution in [0, 0.1) is 3.57 Å². The number of methoxy groups -OCH3 is 1. The topological polar surface area (TPSA) is 61.0 Å². The van der Waals surface area contributed by atoms with Crippen molar-refractivity contribution >= 4 is 39.1 Å². The Balaban J connectivity index is 2.57. The fourth-order valence-electron chi connectivity index (χ4n) is 1.23. The maximum atomic E-state index is 5.55. The van der Waals surface area contributed by atoms with Gasteiger partial charge in [-0.05, 0) is 34.7 Å². The Morgan fingerprint density at radius 2 is 2.20 bits per heavy atom. The number of para-hydroxylation sites is 1. The number of anilines is 1. The molecule has 0 unspecified atom stereocenters. The van der Waals surface area contributed by atoms with E-state index in [2.05, 4.69) is 32.8 Å². The van der Waals surface area contributed by atoms with Crippen LogP contribution < -0.4 is 10.5 Å². The molecule has 4 nitrogen and oxygen atoms in total. The van der Waals surface area contributed by atoms with Gasteiger partial charge in [-0.3, -0.25) is 0 Å². The van der Waals surface area contributed by atoms with E-state index in [0.29, 0.717) is 5.13 Å². The summed E-state index contributed by atoms with van der Waals surface area (Å²) in [5.41, 5.74) is 6.48. The second-order valence-corrected chi connectivity index (χ2v) is 4.94. The van der Waals surface area contributed by atoms with Gasteiger partial charge < -0.3 is 10.5 Å². The molecular weight excluding hydrogens is 325 g/mol. The van der Waals surface area contributed by atoms with E-state index in [1.807, 2.05) is 18.2 Å². The van der Waals surface area contributed by atoms with Gasteiger partial charge in [-0.1, -0.05) is 17.4 Å². The molecule has 1 aromatic carbocycles. The number of nitrogens with two attached hydrogens (primary N) is 1. The third-order valence-electron chi connectivity index (χ3n) is 1.84. The van der Waals surface area contributed by atoms with Crippen molar-refractivity contribution in [2.75, 3.05) is 12.8 Å². The quantitative estimate of drug-likeness (QED) is 0.858. The number of ether oxygens (including phenoxy) is 1. The summed E-state index contributed by atoms with van der Waals surface area (Å²) in [6.45, 7) is 0. The molecule has 1 heterocycles. The fourth-order valence-corrected chi connectivity index (χ4v) is 2.58. The lowest BCUT2D eigenvalue weighted by atomic mass is 10.2. The van der Waals surface area contributed by atoms with Gasteiger partial charge in [-0.15, -0.1) is 10.2 Å². The third-order valence-corrected chi connectivity index (χ3v) is 3.48. The lowest BCUT2D eigenvalue weighted by Crippen LogP contribution is -1.90. The maximum absolute atomic E-state index is 5.55. The van der Waals surface area contributed by atoms with Crippen LogP contribution in [0.4, 0.5) is 5.13 Å². The van der Waals surface area contributed by atoms with Crippen LogP contribution in [-0.2, 0) is 0 Å². The molecule has 0 saturated carbocycles. The van der Waals surface area contributed by atoms with Crippen LogP contribution in [0.5, 0.6) is 5.75 Å². The van der Waals surface area contributed by atoms with Gasteiger partial charge in [0, 0.05) is 0 Å². The van der Waals surface area contributed by atoms with Gasteiger partial charge in [0.2, 0.25) is 5.13 Å². The van der Waals surface area contributed by atoms with E-state index in [0.717, 1.165) is 19.9 Å². The van der Waals surface area contributed by atoms with E-state index < -0.39 is 0 Å². The summed E-state index contributed by atoms with van der Waals surface area (Å²) in [7, 11) is 1.64. The van der Waals surface area contributed by atoms with E-state index >= 15 is 0 Å². The van der Waals surface area contributed by atoms with Gasteiger partial charge in [0.15, 0.2) is 5.01 Å². The van der Waals surface area contributed by atoms with E-state index in [9.17, 15) is 0 Å². The molecule has 2 aromatic rings. The summed E-state index contributed by atoms with van der Waals surface area (Å²) in [4.78, 5) is 0. The normalized spacial score (nSPS) is 10.3. The van der Waals surface area contributed by atoms with Crippen molar-refractivity contribution in [1.82, 2.24) is 10.2 Å². The molecular formula is C9H8IN3OS. The first kappa shape index (κ1) is 10.6.